The van der Waals surface area contributed by atoms with E-state index in [1.807, 2.05) is 16.8 Å². The number of carbonyl (C=O) groups excluding carboxylic acids is 1. The highest BCUT2D eigenvalue weighted by Gasteiger charge is 2.24. The van der Waals surface area contributed by atoms with E-state index in [1.54, 1.807) is 28.4 Å². The van der Waals surface area contributed by atoms with Crippen molar-refractivity contribution in [2.75, 3.05) is 13.2 Å². The molecule has 0 bridgehead atoms. The van der Waals surface area contributed by atoms with Crippen LogP contribution in [0.5, 0.6) is 0 Å². The number of aromatic amines is 1. The van der Waals surface area contributed by atoms with Gasteiger partial charge in [-0.15, -0.1) is 0 Å². The lowest BCUT2D eigenvalue weighted by Gasteiger charge is -2.25. The molecule has 1 N–H and O–H groups in total. The second-order valence-corrected chi connectivity index (χ2v) is 6.16. The maximum atomic E-state index is 12.7. The number of nitrogens with zero attached hydrogens (tertiary/aromatic N) is 1. The summed E-state index contributed by atoms with van der Waals surface area (Å²) in [5.74, 6) is -0.167. The SMILES string of the molecule is O=C(c1cccc(=O)[nH]1)N(Cc1ccsc1)C[C@@H]1CCCO1. The summed E-state index contributed by atoms with van der Waals surface area (Å²) in [6, 6.07) is 6.65. The number of H-pyrrole nitrogens is 1. The first-order chi connectivity index (χ1) is 10.7. The van der Waals surface area contributed by atoms with Gasteiger partial charge in [0.25, 0.3) is 5.91 Å². The molecule has 1 atom stereocenters. The number of pyridine rings is 1. The summed E-state index contributed by atoms with van der Waals surface area (Å²) >= 11 is 1.61. The van der Waals surface area contributed by atoms with Crippen LogP contribution in [0.2, 0.25) is 0 Å². The van der Waals surface area contributed by atoms with Crippen LogP contribution >= 0.6 is 11.3 Å². The van der Waals surface area contributed by atoms with E-state index in [-0.39, 0.29) is 17.6 Å². The smallest absolute Gasteiger partial charge is 0.270 e. The highest BCUT2D eigenvalue weighted by molar-refractivity contribution is 7.07. The van der Waals surface area contributed by atoms with Crippen molar-refractivity contribution in [1.29, 1.82) is 0 Å². The van der Waals surface area contributed by atoms with Crippen LogP contribution in [-0.2, 0) is 11.3 Å². The van der Waals surface area contributed by atoms with Gasteiger partial charge in [0.05, 0.1) is 6.10 Å². The third-order valence-corrected chi connectivity index (χ3v) is 4.42. The van der Waals surface area contributed by atoms with Gasteiger partial charge in [0.2, 0.25) is 5.56 Å². The molecule has 0 aliphatic carbocycles. The van der Waals surface area contributed by atoms with Gasteiger partial charge in [-0.3, -0.25) is 9.59 Å². The highest BCUT2D eigenvalue weighted by atomic mass is 32.1. The van der Waals surface area contributed by atoms with Gasteiger partial charge in [0.1, 0.15) is 5.69 Å². The van der Waals surface area contributed by atoms with Crippen molar-refractivity contribution >= 4 is 17.2 Å². The number of amides is 1. The second kappa shape index (κ2) is 6.89. The quantitative estimate of drug-likeness (QED) is 0.920. The normalized spacial score (nSPS) is 17.5. The fourth-order valence-corrected chi connectivity index (χ4v) is 3.26. The van der Waals surface area contributed by atoms with Gasteiger partial charge < -0.3 is 14.6 Å². The molecule has 0 saturated carbocycles. The molecule has 6 heteroatoms. The van der Waals surface area contributed by atoms with Gasteiger partial charge >= 0.3 is 0 Å². The Labute approximate surface area is 132 Å². The molecule has 1 fully saturated rings. The summed E-state index contributed by atoms with van der Waals surface area (Å²) in [6.45, 7) is 1.83. The van der Waals surface area contributed by atoms with Crippen LogP contribution in [0, 0.1) is 0 Å². The molecule has 3 heterocycles. The second-order valence-electron chi connectivity index (χ2n) is 5.38. The molecule has 3 rings (SSSR count). The van der Waals surface area contributed by atoms with E-state index in [9.17, 15) is 9.59 Å². The zero-order chi connectivity index (χ0) is 15.4. The Morgan fingerprint density at radius 3 is 3.00 bits per heavy atom. The first-order valence-corrected chi connectivity index (χ1v) is 8.28. The number of hydrogen-bond acceptors (Lipinski definition) is 4. The fraction of sp³-hybridized carbons (Fsp3) is 0.375. The average molecular weight is 318 g/mol. The molecule has 0 aromatic carbocycles. The predicted octanol–water partition coefficient (Wildman–Crippen LogP) is 2.26. The number of aromatic nitrogens is 1. The molecule has 1 saturated heterocycles. The van der Waals surface area contributed by atoms with Crippen LogP contribution in [0.15, 0.2) is 39.8 Å². The summed E-state index contributed by atoms with van der Waals surface area (Å²) in [6.07, 6.45) is 2.09. The van der Waals surface area contributed by atoms with Gasteiger partial charge in [-0.2, -0.15) is 11.3 Å². The first-order valence-electron chi connectivity index (χ1n) is 7.33. The van der Waals surface area contributed by atoms with E-state index in [4.69, 9.17) is 4.74 Å². The lowest BCUT2D eigenvalue weighted by Crippen LogP contribution is -2.37. The Hall–Kier alpha value is -1.92. The van der Waals surface area contributed by atoms with E-state index in [0.29, 0.717) is 18.8 Å². The molecule has 1 aliphatic rings. The largest absolute Gasteiger partial charge is 0.376 e. The van der Waals surface area contributed by atoms with Crippen molar-refractivity contribution < 1.29 is 9.53 Å². The monoisotopic (exact) mass is 318 g/mol. The lowest BCUT2D eigenvalue weighted by atomic mass is 10.2. The summed E-state index contributed by atoms with van der Waals surface area (Å²) in [5, 5.41) is 4.03. The third kappa shape index (κ3) is 3.64. The van der Waals surface area contributed by atoms with Crippen LogP contribution in [-0.4, -0.2) is 35.0 Å². The standard InChI is InChI=1S/C16H18N2O3S/c19-15-5-1-4-14(17-15)16(20)18(9-12-6-8-22-11-12)10-13-3-2-7-21-13/h1,4-6,8,11,13H,2-3,7,9-10H2,(H,17,19)/t13-/m0/s1. The van der Waals surface area contributed by atoms with Gasteiger partial charge in [-0.05, 0) is 41.3 Å². The average Bonchev–Trinajstić information content (AvgIpc) is 3.19. The Balaban J connectivity index is 1.79. The number of rotatable bonds is 5. The predicted molar refractivity (Wildman–Crippen MR) is 85.1 cm³/mol. The van der Waals surface area contributed by atoms with Crippen molar-refractivity contribution in [2.45, 2.75) is 25.5 Å². The van der Waals surface area contributed by atoms with Gasteiger partial charge in [0.15, 0.2) is 0 Å². The molecule has 1 aliphatic heterocycles. The van der Waals surface area contributed by atoms with E-state index in [1.165, 1.54) is 6.07 Å². The number of nitrogens with one attached hydrogen (secondary N) is 1. The molecular weight excluding hydrogens is 300 g/mol. The number of hydrogen-bond donors (Lipinski definition) is 1. The van der Waals surface area contributed by atoms with Crippen LogP contribution in [0.1, 0.15) is 28.9 Å². The summed E-state index contributed by atoms with van der Waals surface area (Å²) < 4.78 is 5.65. The zero-order valence-corrected chi connectivity index (χ0v) is 13.0. The summed E-state index contributed by atoms with van der Waals surface area (Å²) in [5.41, 5.74) is 1.15. The zero-order valence-electron chi connectivity index (χ0n) is 12.2. The van der Waals surface area contributed by atoms with Crippen molar-refractivity contribution in [1.82, 2.24) is 9.88 Å². The van der Waals surface area contributed by atoms with Gasteiger partial charge in [-0.25, -0.2) is 0 Å². The number of carbonyl (C=O) groups is 1. The van der Waals surface area contributed by atoms with Crippen molar-refractivity contribution in [3.8, 4) is 0 Å². The Bertz CT molecular complexity index is 675. The molecular formula is C16H18N2O3S. The molecule has 5 nitrogen and oxygen atoms in total. The Morgan fingerprint density at radius 2 is 2.32 bits per heavy atom. The van der Waals surface area contributed by atoms with Crippen LogP contribution in [0.25, 0.3) is 0 Å². The first kappa shape index (κ1) is 15.0. The molecule has 1 amide bonds. The van der Waals surface area contributed by atoms with Crippen LogP contribution in [0.4, 0.5) is 0 Å². The Morgan fingerprint density at radius 1 is 1.41 bits per heavy atom. The molecule has 0 spiro atoms. The molecule has 2 aromatic heterocycles. The topological polar surface area (TPSA) is 62.4 Å². The molecule has 2 aromatic rings. The van der Waals surface area contributed by atoms with Gasteiger partial charge in [0, 0.05) is 25.8 Å². The molecule has 116 valence electrons. The van der Waals surface area contributed by atoms with Crippen LogP contribution < -0.4 is 5.56 Å². The van der Waals surface area contributed by atoms with Crippen molar-refractivity contribution in [2.24, 2.45) is 0 Å². The minimum atomic E-state index is -0.265. The van der Waals surface area contributed by atoms with E-state index < -0.39 is 0 Å². The molecule has 22 heavy (non-hydrogen) atoms. The maximum absolute atomic E-state index is 12.7. The van der Waals surface area contributed by atoms with Crippen LogP contribution in [0.3, 0.4) is 0 Å². The molecule has 0 unspecified atom stereocenters. The van der Waals surface area contributed by atoms with E-state index in [2.05, 4.69) is 4.98 Å². The number of thiophene rings is 1. The van der Waals surface area contributed by atoms with Crippen molar-refractivity contribution in [3.63, 3.8) is 0 Å². The van der Waals surface area contributed by atoms with E-state index >= 15 is 0 Å². The lowest BCUT2D eigenvalue weighted by molar-refractivity contribution is 0.0503. The molecule has 0 radical (unpaired) electrons. The Kier molecular flexibility index (Phi) is 4.70. The third-order valence-electron chi connectivity index (χ3n) is 3.69. The summed E-state index contributed by atoms with van der Waals surface area (Å²) in [4.78, 5) is 28.5. The maximum Gasteiger partial charge on any atom is 0.270 e. The minimum absolute atomic E-state index is 0.0815. The van der Waals surface area contributed by atoms with E-state index in [0.717, 1.165) is 25.0 Å². The fourth-order valence-electron chi connectivity index (χ4n) is 2.60. The van der Waals surface area contributed by atoms with Gasteiger partial charge in [-0.1, -0.05) is 6.07 Å². The number of ether oxygens (including phenoxy) is 1. The summed E-state index contributed by atoms with van der Waals surface area (Å²) in [7, 11) is 0. The highest BCUT2D eigenvalue weighted by Crippen LogP contribution is 2.17. The van der Waals surface area contributed by atoms with Crippen molar-refractivity contribution in [3.05, 3.63) is 56.6 Å². The minimum Gasteiger partial charge on any atom is -0.376 e.